The predicted molar refractivity (Wildman–Crippen MR) is 92.1 cm³/mol. The molecule has 2 aromatic rings. The number of aliphatic imine (C=N–C) groups is 1. The van der Waals surface area contributed by atoms with Crippen LogP contribution in [0, 0.1) is 0 Å². The standard InChI is InChI=1S/C18H21N3O/c1-3-16-18(21(4-2)14-8-6-5-7-9-14)20-15-11-10-13(19)12-17(15)22-16/h5-12,16H,3-4,19H2,1-2H3. The van der Waals surface area contributed by atoms with Crippen LogP contribution in [0.4, 0.5) is 17.1 Å². The summed E-state index contributed by atoms with van der Waals surface area (Å²) in [7, 11) is 0. The van der Waals surface area contributed by atoms with Crippen LogP contribution in [-0.2, 0) is 0 Å². The Kier molecular flexibility index (Phi) is 4.00. The average Bonchev–Trinajstić information content (AvgIpc) is 2.56. The lowest BCUT2D eigenvalue weighted by Crippen LogP contribution is -2.43. The highest BCUT2D eigenvalue weighted by Gasteiger charge is 2.27. The smallest absolute Gasteiger partial charge is 0.156 e. The lowest BCUT2D eigenvalue weighted by atomic mass is 10.1. The van der Waals surface area contributed by atoms with Crippen molar-refractivity contribution in [3.05, 3.63) is 48.5 Å². The number of likely N-dealkylation sites (N-methyl/N-ethyl adjacent to an activating group) is 1. The van der Waals surface area contributed by atoms with Crippen LogP contribution in [-0.4, -0.2) is 18.5 Å². The largest absolute Gasteiger partial charge is 0.480 e. The molecule has 1 heterocycles. The SMILES string of the molecule is CCC1Oc2cc(N)ccc2N=C1N(CC)c1ccccc1. The Balaban J connectivity index is 2.04. The Morgan fingerprint density at radius 1 is 1.14 bits per heavy atom. The first-order chi connectivity index (χ1) is 10.7. The number of nitrogen functional groups attached to an aromatic ring is 1. The normalized spacial score (nSPS) is 16.5. The third kappa shape index (κ3) is 2.64. The molecule has 2 aromatic carbocycles. The van der Waals surface area contributed by atoms with Crippen LogP contribution in [0.5, 0.6) is 5.75 Å². The molecular formula is C18H21N3O. The van der Waals surface area contributed by atoms with Crippen LogP contribution < -0.4 is 15.4 Å². The summed E-state index contributed by atoms with van der Waals surface area (Å²) in [5, 5.41) is 0. The maximum absolute atomic E-state index is 6.13. The number of nitrogens with zero attached hydrogens (tertiary/aromatic N) is 2. The van der Waals surface area contributed by atoms with E-state index in [0.717, 1.165) is 35.9 Å². The molecule has 0 radical (unpaired) electrons. The molecule has 1 unspecified atom stereocenters. The first-order valence-electron chi connectivity index (χ1n) is 7.70. The zero-order chi connectivity index (χ0) is 15.5. The quantitative estimate of drug-likeness (QED) is 0.871. The van der Waals surface area contributed by atoms with Gasteiger partial charge in [0.2, 0.25) is 0 Å². The minimum Gasteiger partial charge on any atom is -0.480 e. The Hall–Kier alpha value is -2.49. The van der Waals surface area contributed by atoms with Crippen molar-refractivity contribution >= 4 is 22.9 Å². The molecule has 1 atom stereocenters. The fourth-order valence-electron chi connectivity index (χ4n) is 2.70. The summed E-state index contributed by atoms with van der Waals surface area (Å²) in [5.41, 5.74) is 8.50. The van der Waals surface area contributed by atoms with Crippen LogP contribution in [0.1, 0.15) is 20.3 Å². The summed E-state index contributed by atoms with van der Waals surface area (Å²) in [5.74, 6) is 1.72. The summed E-state index contributed by atoms with van der Waals surface area (Å²) in [6.07, 6.45) is 0.797. The Labute approximate surface area is 131 Å². The monoisotopic (exact) mass is 295 g/mol. The van der Waals surface area contributed by atoms with Crippen molar-refractivity contribution in [2.45, 2.75) is 26.4 Å². The highest BCUT2D eigenvalue weighted by atomic mass is 16.5. The zero-order valence-corrected chi connectivity index (χ0v) is 13.0. The van der Waals surface area contributed by atoms with Crippen molar-refractivity contribution in [2.75, 3.05) is 17.2 Å². The van der Waals surface area contributed by atoms with Gasteiger partial charge in [0.1, 0.15) is 11.4 Å². The molecule has 0 amide bonds. The van der Waals surface area contributed by atoms with E-state index in [1.54, 1.807) is 0 Å². The van der Waals surface area contributed by atoms with E-state index in [0.29, 0.717) is 5.69 Å². The fraction of sp³-hybridized carbons (Fsp3) is 0.278. The maximum Gasteiger partial charge on any atom is 0.156 e. The van der Waals surface area contributed by atoms with Gasteiger partial charge in [-0.3, -0.25) is 0 Å². The van der Waals surface area contributed by atoms with Gasteiger partial charge in [0, 0.05) is 24.0 Å². The number of fused-ring (bicyclic) bond motifs is 1. The molecule has 114 valence electrons. The zero-order valence-electron chi connectivity index (χ0n) is 13.0. The summed E-state index contributed by atoms with van der Waals surface area (Å²) in [6.45, 7) is 5.07. The molecule has 2 N–H and O–H groups in total. The average molecular weight is 295 g/mol. The highest BCUT2D eigenvalue weighted by molar-refractivity contribution is 6.03. The molecule has 0 bridgehead atoms. The van der Waals surface area contributed by atoms with Gasteiger partial charge < -0.3 is 15.4 Å². The number of benzene rings is 2. The summed E-state index contributed by atoms with van der Waals surface area (Å²) in [6, 6.07) is 15.9. The number of para-hydroxylation sites is 1. The van der Waals surface area contributed by atoms with E-state index < -0.39 is 0 Å². The van der Waals surface area contributed by atoms with Crippen LogP contribution in [0.25, 0.3) is 0 Å². The van der Waals surface area contributed by atoms with E-state index in [1.807, 2.05) is 36.4 Å². The van der Waals surface area contributed by atoms with E-state index in [1.165, 1.54) is 0 Å². The van der Waals surface area contributed by atoms with Crippen molar-refractivity contribution in [1.82, 2.24) is 0 Å². The van der Waals surface area contributed by atoms with Crippen LogP contribution in [0.2, 0.25) is 0 Å². The van der Waals surface area contributed by atoms with Gasteiger partial charge in [0.25, 0.3) is 0 Å². The van der Waals surface area contributed by atoms with E-state index in [-0.39, 0.29) is 6.10 Å². The molecule has 0 spiro atoms. The lowest BCUT2D eigenvalue weighted by Gasteiger charge is -2.33. The van der Waals surface area contributed by atoms with Crippen molar-refractivity contribution in [2.24, 2.45) is 4.99 Å². The van der Waals surface area contributed by atoms with E-state index >= 15 is 0 Å². The van der Waals surface area contributed by atoms with Crippen LogP contribution in [0.3, 0.4) is 0 Å². The highest BCUT2D eigenvalue weighted by Crippen LogP contribution is 2.36. The number of rotatable bonds is 3. The van der Waals surface area contributed by atoms with Crippen molar-refractivity contribution in [3.8, 4) is 5.75 Å². The molecular weight excluding hydrogens is 274 g/mol. The molecule has 3 rings (SSSR count). The topological polar surface area (TPSA) is 50.9 Å². The summed E-state index contributed by atoms with van der Waals surface area (Å²) < 4.78 is 6.13. The van der Waals surface area contributed by atoms with Crippen molar-refractivity contribution in [1.29, 1.82) is 0 Å². The van der Waals surface area contributed by atoms with Gasteiger partial charge in [-0.2, -0.15) is 0 Å². The molecule has 0 saturated heterocycles. The molecule has 4 heteroatoms. The molecule has 0 aliphatic carbocycles. The van der Waals surface area contributed by atoms with Gasteiger partial charge in [-0.05, 0) is 37.6 Å². The second-order valence-corrected chi connectivity index (χ2v) is 5.29. The molecule has 1 aliphatic rings. The number of nitrogens with two attached hydrogens (primary N) is 1. The van der Waals surface area contributed by atoms with Crippen LogP contribution in [0.15, 0.2) is 53.5 Å². The van der Waals surface area contributed by atoms with Gasteiger partial charge in [-0.25, -0.2) is 4.99 Å². The molecule has 1 aliphatic heterocycles. The maximum atomic E-state index is 6.13. The van der Waals surface area contributed by atoms with E-state index in [4.69, 9.17) is 15.5 Å². The molecule has 22 heavy (non-hydrogen) atoms. The Bertz CT molecular complexity index is 682. The van der Waals surface area contributed by atoms with Gasteiger partial charge in [-0.1, -0.05) is 25.1 Å². The fourth-order valence-corrected chi connectivity index (χ4v) is 2.70. The minimum atomic E-state index is -0.0607. The molecule has 0 fully saturated rings. The Morgan fingerprint density at radius 2 is 1.91 bits per heavy atom. The minimum absolute atomic E-state index is 0.0607. The molecule has 4 nitrogen and oxygen atoms in total. The summed E-state index contributed by atoms with van der Waals surface area (Å²) in [4.78, 5) is 7.05. The van der Waals surface area contributed by atoms with Gasteiger partial charge in [0.15, 0.2) is 11.9 Å². The number of ether oxygens (including phenoxy) is 1. The first kappa shape index (κ1) is 14.4. The third-order valence-electron chi connectivity index (χ3n) is 3.81. The lowest BCUT2D eigenvalue weighted by molar-refractivity contribution is 0.256. The number of anilines is 2. The van der Waals surface area contributed by atoms with E-state index in [9.17, 15) is 0 Å². The predicted octanol–water partition coefficient (Wildman–Crippen LogP) is 4.00. The number of amidine groups is 1. The molecule has 0 aromatic heterocycles. The molecule has 0 saturated carbocycles. The van der Waals surface area contributed by atoms with Crippen molar-refractivity contribution in [3.63, 3.8) is 0 Å². The third-order valence-corrected chi connectivity index (χ3v) is 3.81. The van der Waals surface area contributed by atoms with Gasteiger partial charge >= 0.3 is 0 Å². The van der Waals surface area contributed by atoms with Gasteiger partial charge in [0.05, 0.1) is 0 Å². The van der Waals surface area contributed by atoms with Crippen molar-refractivity contribution < 1.29 is 4.74 Å². The second kappa shape index (κ2) is 6.10. The second-order valence-electron chi connectivity index (χ2n) is 5.29. The van der Waals surface area contributed by atoms with Crippen LogP contribution >= 0.6 is 0 Å². The first-order valence-corrected chi connectivity index (χ1v) is 7.70. The van der Waals surface area contributed by atoms with Gasteiger partial charge in [-0.15, -0.1) is 0 Å². The number of hydrogen-bond donors (Lipinski definition) is 1. The van der Waals surface area contributed by atoms with E-state index in [2.05, 4.69) is 30.9 Å². The number of hydrogen-bond acceptors (Lipinski definition) is 4. The Morgan fingerprint density at radius 3 is 2.59 bits per heavy atom. The summed E-state index contributed by atoms with van der Waals surface area (Å²) >= 11 is 0.